The molecule has 1 spiro atoms. The van der Waals surface area contributed by atoms with Gasteiger partial charge in [-0.05, 0) is 30.4 Å². The second-order valence-electron chi connectivity index (χ2n) is 7.70. The number of rotatable bonds is 6. The summed E-state index contributed by atoms with van der Waals surface area (Å²) in [6.07, 6.45) is 2.12. The molecule has 32 heavy (non-hydrogen) atoms. The van der Waals surface area contributed by atoms with Gasteiger partial charge in [-0.25, -0.2) is 4.79 Å². The number of nitrogens with zero attached hydrogens (tertiary/aromatic N) is 1. The number of aryl methyl sites for hydroxylation is 1. The molecule has 0 aromatic heterocycles. The van der Waals surface area contributed by atoms with Crippen LogP contribution in [0.4, 0.5) is 10.5 Å². The maximum atomic E-state index is 13.3. The first-order valence-corrected chi connectivity index (χ1v) is 10.3. The van der Waals surface area contributed by atoms with E-state index in [-0.39, 0.29) is 0 Å². The van der Waals surface area contributed by atoms with Crippen LogP contribution in [0.2, 0.25) is 0 Å². The third-order valence-corrected chi connectivity index (χ3v) is 5.90. The number of imide groups is 1. The van der Waals surface area contributed by atoms with Crippen LogP contribution in [0.1, 0.15) is 24.0 Å². The molecule has 9 nitrogen and oxygen atoms in total. The summed E-state index contributed by atoms with van der Waals surface area (Å²) in [5.41, 5.74) is 1.11. The van der Waals surface area contributed by atoms with Gasteiger partial charge < -0.3 is 24.8 Å². The van der Waals surface area contributed by atoms with Crippen LogP contribution in [0.3, 0.4) is 0 Å². The Kier molecular flexibility index (Phi) is 5.65. The molecule has 1 fully saturated rings. The Balaban J connectivity index is 1.54. The summed E-state index contributed by atoms with van der Waals surface area (Å²) in [5, 5.41) is 5.54. The van der Waals surface area contributed by atoms with Crippen LogP contribution in [-0.4, -0.2) is 50.6 Å². The number of urea groups is 1. The lowest BCUT2D eigenvalue weighted by atomic mass is 9.76. The predicted molar refractivity (Wildman–Crippen MR) is 116 cm³/mol. The average molecular weight is 439 g/mol. The van der Waals surface area contributed by atoms with E-state index in [9.17, 15) is 14.4 Å². The Morgan fingerprint density at radius 2 is 1.78 bits per heavy atom. The first-order chi connectivity index (χ1) is 15.4. The lowest BCUT2D eigenvalue weighted by Crippen LogP contribution is -2.47. The Labute approximate surface area is 185 Å². The van der Waals surface area contributed by atoms with Crippen molar-refractivity contribution >= 4 is 23.5 Å². The van der Waals surface area contributed by atoms with Crippen LogP contribution in [0.5, 0.6) is 17.2 Å². The maximum absolute atomic E-state index is 13.3. The molecule has 9 heteroatoms. The largest absolute Gasteiger partial charge is 0.493 e. The zero-order chi connectivity index (χ0) is 22.9. The highest BCUT2D eigenvalue weighted by Gasteiger charge is 2.54. The number of carbonyl (C=O) groups excluding carboxylic acids is 3. The summed E-state index contributed by atoms with van der Waals surface area (Å²) in [6.45, 7) is -0.411. The van der Waals surface area contributed by atoms with E-state index in [0.29, 0.717) is 29.4 Å². The maximum Gasteiger partial charge on any atom is 0.325 e. The number of nitrogens with one attached hydrogen (secondary N) is 2. The second kappa shape index (κ2) is 8.41. The van der Waals surface area contributed by atoms with Crippen molar-refractivity contribution in [3.8, 4) is 17.2 Å². The van der Waals surface area contributed by atoms with E-state index in [1.807, 2.05) is 24.3 Å². The number of hydrogen-bond donors (Lipinski definition) is 2. The number of carbonyl (C=O) groups is 3. The Morgan fingerprint density at radius 3 is 2.44 bits per heavy atom. The van der Waals surface area contributed by atoms with Crippen molar-refractivity contribution in [3.05, 3.63) is 47.5 Å². The Hall–Kier alpha value is -3.75. The second-order valence-corrected chi connectivity index (χ2v) is 7.70. The smallest absolute Gasteiger partial charge is 0.325 e. The van der Waals surface area contributed by atoms with Crippen molar-refractivity contribution in [1.29, 1.82) is 0 Å². The number of ether oxygens (including phenoxy) is 3. The van der Waals surface area contributed by atoms with E-state index in [2.05, 4.69) is 10.6 Å². The molecule has 1 heterocycles. The molecule has 168 valence electrons. The minimum absolute atomic E-state index is 0.370. The highest BCUT2D eigenvalue weighted by molar-refractivity contribution is 6.10. The molecule has 4 amide bonds. The number of methoxy groups -OCH3 is 3. The molecule has 0 saturated carbocycles. The van der Waals surface area contributed by atoms with Gasteiger partial charge in [0.1, 0.15) is 12.1 Å². The van der Waals surface area contributed by atoms with Gasteiger partial charge in [0.05, 0.1) is 21.3 Å². The number of hydrogen-bond acceptors (Lipinski definition) is 6. The standard InChI is InChI=1S/C23H25N3O6/c1-30-17-11-15(12-18(31-2)20(17)32-3)24-19(27)13-26-21(28)23(25-22(26)29)10-6-8-14-7-4-5-9-16(14)23/h4-5,7,9,11-12H,6,8,10,13H2,1-3H3,(H,24,27)(H,25,29). The summed E-state index contributed by atoms with van der Waals surface area (Å²) in [4.78, 5) is 39.7. The molecule has 2 aromatic rings. The number of amides is 4. The predicted octanol–water partition coefficient (Wildman–Crippen LogP) is 2.43. The topological polar surface area (TPSA) is 106 Å². The molecule has 1 aliphatic carbocycles. The molecule has 1 atom stereocenters. The van der Waals surface area contributed by atoms with Crippen LogP contribution in [-0.2, 0) is 21.5 Å². The van der Waals surface area contributed by atoms with Crippen molar-refractivity contribution in [1.82, 2.24) is 10.2 Å². The number of fused-ring (bicyclic) bond motifs is 2. The fourth-order valence-corrected chi connectivity index (χ4v) is 4.45. The number of anilines is 1. The van der Waals surface area contributed by atoms with E-state index in [0.717, 1.165) is 28.9 Å². The van der Waals surface area contributed by atoms with Gasteiger partial charge in [0.15, 0.2) is 11.5 Å². The summed E-state index contributed by atoms with van der Waals surface area (Å²) in [5.74, 6) is 0.198. The molecular weight excluding hydrogens is 414 g/mol. The zero-order valence-electron chi connectivity index (χ0n) is 18.2. The van der Waals surface area contributed by atoms with Gasteiger partial charge in [0, 0.05) is 17.8 Å². The Morgan fingerprint density at radius 1 is 1.09 bits per heavy atom. The van der Waals surface area contributed by atoms with Gasteiger partial charge in [-0.2, -0.15) is 0 Å². The average Bonchev–Trinajstić information content (AvgIpc) is 3.03. The molecule has 0 bridgehead atoms. The van der Waals surface area contributed by atoms with Crippen LogP contribution in [0.25, 0.3) is 0 Å². The highest BCUT2D eigenvalue weighted by atomic mass is 16.5. The molecule has 1 saturated heterocycles. The van der Waals surface area contributed by atoms with Crippen molar-refractivity contribution in [2.24, 2.45) is 0 Å². The van der Waals surface area contributed by atoms with Gasteiger partial charge in [-0.3, -0.25) is 14.5 Å². The molecule has 0 radical (unpaired) electrons. The lowest BCUT2D eigenvalue weighted by molar-refractivity contribution is -0.134. The molecular formula is C23H25N3O6. The fourth-order valence-electron chi connectivity index (χ4n) is 4.45. The van der Waals surface area contributed by atoms with Gasteiger partial charge in [0.2, 0.25) is 11.7 Å². The third-order valence-electron chi connectivity index (χ3n) is 5.90. The molecule has 4 rings (SSSR count). The minimum Gasteiger partial charge on any atom is -0.493 e. The monoisotopic (exact) mass is 439 g/mol. The van der Waals surface area contributed by atoms with Gasteiger partial charge >= 0.3 is 6.03 Å². The van der Waals surface area contributed by atoms with Gasteiger partial charge in [-0.1, -0.05) is 24.3 Å². The first-order valence-electron chi connectivity index (χ1n) is 10.3. The molecule has 2 aromatic carbocycles. The SMILES string of the molecule is COc1cc(NC(=O)CN2C(=O)NC3(CCCc4ccccc43)C2=O)cc(OC)c1OC. The zero-order valence-corrected chi connectivity index (χ0v) is 18.2. The normalized spacial score (nSPS) is 19.4. The fraction of sp³-hybridized carbons (Fsp3) is 0.348. The van der Waals surface area contributed by atoms with E-state index in [1.165, 1.54) is 21.3 Å². The quantitative estimate of drug-likeness (QED) is 0.670. The molecule has 2 aliphatic rings. The van der Waals surface area contributed by atoms with Gasteiger partial charge in [0.25, 0.3) is 5.91 Å². The summed E-state index contributed by atoms with van der Waals surface area (Å²) in [6, 6.07) is 10.2. The van der Waals surface area contributed by atoms with E-state index in [1.54, 1.807) is 12.1 Å². The van der Waals surface area contributed by atoms with Crippen molar-refractivity contribution < 1.29 is 28.6 Å². The van der Waals surface area contributed by atoms with Gasteiger partial charge in [-0.15, -0.1) is 0 Å². The lowest BCUT2D eigenvalue weighted by Gasteiger charge is -2.33. The van der Waals surface area contributed by atoms with Crippen LogP contribution >= 0.6 is 0 Å². The van der Waals surface area contributed by atoms with E-state index in [4.69, 9.17) is 14.2 Å². The first kappa shape index (κ1) is 21.5. The van der Waals surface area contributed by atoms with E-state index >= 15 is 0 Å². The van der Waals surface area contributed by atoms with Crippen molar-refractivity contribution in [3.63, 3.8) is 0 Å². The van der Waals surface area contributed by atoms with Crippen LogP contribution in [0.15, 0.2) is 36.4 Å². The molecule has 2 N–H and O–H groups in total. The summed E-state index contributed by atoms with van der Waals surface area (Å²) in [7, 11) is 4.42. The van der Waals surface area contributed by atoms with Crippen LogP contribution in [0, 0.1) is 0 Å². The van der Waals surface area contributed by atoms with Crippen molar-refractivity contribution in [2.45, 2.75) is 24.8 Å². The molecule has 1 aliphatic heterocycles. The molecule has 1 unspecified atom stereocenters. The van der Waals surface area contributed by atoms with Crippen molar-refractivity contribution in [2.75, 3.05) is 33.2 Å². The highest BCUT2D eigenvalue weighted by Crippen LogP contribution is 2.41. The number of benzene rings is 2. The Bertz CT molecular complexity index is 1060. The van der Waals surface area contributed by atoms with E-state index < -0.39 is 29.9 Å². The summed E-state index contributed by atoms with van der Waals surface area (Å²) >= 11 is 0. The van der Waals surface area contributed by atoms with Crippen LogP contribution < -0.4 is 24.8 Å². The minimum atomic E-state index is -1.11. The third kappa shape index (κ3) is 3.49. The summed E-state index contributed by atoms with van der Waals surface area (Å²) < 4.78 is 15.9.